The highest BCUT2D eigenvalue weighted by Gasteiger charge is 2.55. The molecule has 82 valence electrons. The van der Waals surface area contributed by atoms with Crippen molar-refractivity contribution in [3.05, 3.63) is 0 Å². The van der Waals surface area contributed by atoms with Gasteiger partial charge in [-0.15, -0.1) is 0 Å². The quantitative estimate of drug-likeness (QED) is 0.591. The van der Waals surface area contributed by atoms with Gasteiger partial charge in [-0.05, 0) is 42.6 Å². The minimum Gasteiger partial charge on any atom is -0.299 e. The van der Waals surface area contributed by atoms with Gasteiger partial charge in [0.1, 0.15) is 11.6 Å². The smallest absolute Gasteiger partial charge is 0.146 e. The Morgan fingerprint density at radius 1 is 1.00 bits per heavy atom. The molecule has 15 heavy (non-hydrogen) atoms. The van der Waals surface area contributed by atoms with Crippen LogP contribution in [0.3, 0.4) is 0 Å². The highest BCUT2D eigenvalue weighted by Crippen LogP contribution is 2.54. The maximum atomic E-state index is 12.0. The van der Waals surface area contributed by atoms with Crippen LogP contribution < -0.4 is 0 Å². The van der Waals surface area contributed by atoms with E-state index < -0.39 is 5.41 Å². The molecule has 0 unspecified atom stereocenters. The third-order valence-corrected chi connectivity index (χ3v) is 5.75. The molecule has 2 atom stereocenters. The van der Waals surface area contributed by atoms with Gasteiger partial charge in [0.25, 0.3) is 0 Å². The van der Waals surface area contributed by atoms with E-state index in [1.165, 1.54) is 11.5 Å². The molecule has 0 amide bonds. The van der Waals surface area contributed by atoms with E-state index in [1.54, 1.807) is 0 Å². The Balaban J connectivity index is 1.90. The third-order valence-electron chi connectivity index (χ3n) is 4.43. The lowest BCUT2D eigenvalue weighted by atomic mass is 9.70. The third kappa shape index (κ3) is 1.32. The number of fused-ring (bicyclic) bond motifs is 1. The minimum absolute atomic E-state index is 0.262. The molecule has 3 heteroatoms. The summed E-state index contributed by atoms with van der Waals surface area (Å²) in [5.74, 6) is 4.18. The monoisotopic (exact) mass is 224 g/mol. The van der Waals surface area contributed by atoms with E-state index in [0.717, 1.165) is 19.3 Å². The molecule has 3 fully saturated rings. The summed E-state index contributed by atoms with van der Waals surface area (Å²) in [6.07, 6.45) is 3.85. The first kappa shape index (κ1) is 9.88. The fraction of sp³-hybridized carbons (Fsp3) is 0.833. The van der Waals surface area contributed by atoms with Crippen LogP contribution in [0.25, 0.3) is 0 Å². The van der Waals surface area contributed by atoms with Crippen LogP contribution >= 0.6 is 11.8 Å². The minimum atomic E-state index is -0.505. The van der Waals surface area contributed by atoms with Crippen molar-refractivity contribution in [2.75, 3.05) is 11.5 Å². The Morgan fingerprint density at radius 3 is 2.07 bits per heavy atom. The maximum Gasteiger partial charge on any atom is 0.146 e. The summed E-state index contributed by atoms with van der Waals surface area (Å²) in [6.45, 7) is 0. The molecule has 1 spiro atoms. The Morgan fingerprint density at radius 2 is 1.53 bits per heavy atom. The second kappa shape index (κ2) is 3.34. The average Bonchev–Trinajstić information content (AvgIpc) is 2.72. The highest BCUT2D eigenvalue weighted by molar-refractivity contribution is 7.99. The molecular formula is C12H16O2S. The summed E-state index contributed by atoms with van der Waals surface area (Å²) in [7, 11) is 0. The zero-order valence-electron chi connectivity index (χ0n) is 8.83. The van der Waals surface area contributed by atoms with E-state index in [9.17, 15) is 9.59 Å². The summed E-state index contributed by atoms with van der Waals surface area (Å²) in [4.78, 5) is 24.1. The molecule has 2 nitrogen and oxygen atoms in total. The Kier molecular flexibility index (Phi) is 2.20. The van der Waals surface area contributed by atoms with Crippen molar-refractivity contribution in [1.29, 1.82) is 0 Å². The second-order valence-corrected chi connectivity index (χ2v) is 6.32. The van der Waals surface area contributed by atoms with Crippen LogP contribution in [0.4, 0.5) is 0 Å². The molecule has 0 aromatic rings. The first-order chi connectivity index (χ1) is 7.22. The molecule has 0 bridgehead atoms. The molecular weight excluding hydrogens is 208 g/mol. The van der Waals surface area contributed by atoms with Crippen molar-refractivity contribution >= 4 is 23.3 Å². The highest BCUT2D eigenvalue weighted by atomic mass is 32.2. The van der Waals surface area contributed by atoms with Gasteiger partial charge in [-0.25, -0.2) is 0 Å². The van der Waals surface area contributed by atoms with Gasteiger partial charge in [-0.3, -0.25) is 9.59 Å². The van der Waals surface area contributed by atoms with Crippen LogP contribution in [-0.2, 0) is 9.59 Å². The van der Waals surface area contributed by atoms with Gasteiger partial charge in [0.2, 0.25) is 0 Å². The van der Waals surface area contributed by atoms with E-state index in [0.29, 0.717) is 24.7 Å². The predicted molar refractivity (Wildman–Crippen MR) is 59.8 cm³/mol. The molecule has 2 aliphatic carbocycles. The Hall–Kier alpha value is -0.310. The van der Waals surface area contributed by atoms with E-state index in [4.69, 9.17) is 0 Å². The van der Waals surface area contributed by atoms with Crippen molar-refractivity contribution < 1.29 is 9.59 Å². The van der Waals surface area contributed by atoms with Gasteiger partial charge in [0.15, 0.2) is 0 Å². The molecule has 1 aliphatic heterocycles. The van der Waals surface area contributed by atoms with Gasteiger partial charge in [0.05, 0.1) is 5.41 Å². The van der Waals surface area contributed by atoms with Crippen LogP contribution in [-0.4, -0.2) is 23.1 Å². The average molecular weight is 224 g/mol. The van der Waals surface area contributed by atoms with Gasteiger partial charge in [-0.2, -0.15) is 11.8 Å². The first-order valence-corrected chi connectivity index (χ1v) is 7.02. The summed E-state index contributed by atoms with van der Waals surface area (Å²) in [5.41, 5.74) is -0.505. The number of thioether (sulfide) groups is 1. The molecule has 0 N–H and O–H groups in total. The standard InChI is InChI=1S/C12H16O2S/c13-10-2-1-3-11(14)12(10)4-8-6-15-7-9(8)5-12/h8-9H,1-7H2/t8-,9+. The summed E-state index contributed by atoms with van der Waals surface area (Å²) in [6, 6.07) is 0. The number of carbonyl (C=O) groups excluding carboxylic acids is 2. The van der Waals surface area contributed by atoms with E-state index in [1.807, 2.05) is 11.8 Å². The van der Waals surface area contributed by atoms with Crippen molar-refractivity contribution in [2.45, 2.75) is 32.1 Å². The van der Waals surface area contributed by atoms with Gasteiger partial charge in [0, 0.05) is 12.8 Å². The van der Waals surface area contributed by atoms with E-state index in [2.05, 4.69) is 0 Å². The number of carbonyl (C=O) groups is 2. The van der Waals surface area contributed by atoms with Gasteiger partial charge < -0.3 is 0 Å². The second-order valence-electron chi connectivity index (χ2n) is 5.25. The number of rotatable bonds is 0. The van der Waals surface area contributed by atoms with Crippen LogP contribution in [0, 0.1) is 17.3 Å². The van der Waals surface area contributed by atoms with Crippen molar-refractivity contribution in [3.8, 4) is 0 Å². The Bertz CT molecular complexity index is 294. The normalized spacial score (nSPS) is 38.7. The van der Waals surface area contributed by atoms with Gasteiger partial charge in [-0.1, -0.05) is 0 Å². The largest absolute Gasteiger partial charge is 0.299 e. The summed E-state index contributed by atoms with van der Waals surface area (Å²) < 4.78 is 0. The number of ketones is 2. The molecule has 0 radical (unpaired) electrons. The van der Waals surface area contributed by atoms with Crippen LogP contribution in [0.1, 0.15) is 32.1 Å². The van der Waals surface area contributed by atoms with Crippen LogP contribution in [0.15, 0.2) is 0 Å². The topological polar surface area (TPSA) is 34.1 Å². The lowest BCUT2D eigenvalue weighted by Gasteiger charge is -2.30. The fourth-order valence-corrected chi connectivity index (χ4v) is 5.09. The number of hydrogen-bond donors (Lipinski definition) is 0. The zero-order valence-corrected chi connectivity index (χ0v) is 9.65. The lowest BCUT2D eigenvalue weighted by molar-refractivity contribution is -0.143. The molecule has 3 rings (SSSR count). The molecule has 2 saturated carbocycles. The molecule has 3 aliphatic rings. The lowest BCUT2D eigenvalue weighted by Crippen LogP contribution is -2.40. The molecule has 1 saturated heterocycles. The van der Waals surface area contributed by atoms with Crippen LogP contribution in [0.5, 0.6) is 0 Å². The molecule has 0 aromatic carbocycles. The summed E-state index contributed by atoms with van der Waals surface area (Å²) in [5, 5.41) is 0. The van der Waals surface area contributed by atoms with E-state index >= 15 is 0 Å². The maximum absolute atomic E-state index is 12.0. The Labute approximate surface area is 94.2 Å². The first-order valence-electron chi connectivity index (χ1n) is 5.87. The van der Waals surface area contributed by atoms with Gasteiger partial charge >= 0.3 is 0 Å². The SMILES string of the molecule is O=C1CCCC(=O)C12C[C@H]1CSC[C@H]1C2. The fourth-order valence-electron chi connectivity index (χ4n) is 3.57. The molecule has 1 heterocycles. The van der Waals surface area contributed by atoms with Crippen molar-refractivity contribution in [2.24, 2.45) is 17.3 Å². The van der Waals surface area contributed by atoms with E-state index in [-0.39, 0.29) is 11.6 Å². The van der Waals surface area contributed by atoms with Crippen molar-refractivity contribution in [1.82, 2.24) is 0 Å². The van der Waals surface area contributed by atoms with Crippen LogP contribution in [0.2, 0.25) is 0 Å². The molecule has 0 aromatic heterocycles. The zero-order chi connectivity index (χ0) is 10.5. The summed E-state index contributed by atoms with van der Waals surface area (Å²) >= 11 is 1.99. The van der Waals surface area contributed by atoms with Crippen molar-refractivity contribution in [3.63, 3.8) is 0 Å². The predicted octanol–water partition coefficient (Wildman–Crippen LogP) is 2.07. The number of hydrogen-bond acceptors (Lipinski definition) is 3. The number of Topliss-reactive ketones (excluding diaryl/α,β-unsaturated/α-hetero) is 2.